The molecule has 0 radical (unpaired) electrons. The molecule has 0 fully saturated rings. The number of benzene rings is 1. The number of amides is 1. The van der Waals surface area contributed by atoms with Crippen LogP contribution in [0.15, 0.2) is 29.2 Å². The molecule has 0 heterocycles. The zero-order chi connectivity index (χ0) is 15.7. The molecule has 2 N–H and O–H groups in total. The molecule has 0 aromatic heterocycles. The van der Waals surface area contributed by atoms with Crippen LogP contribution in [0.25, 0.3) is 0 Å². The average Bonchev–Trinajstić information content (AvgIpc) is 2.48. The van der Waals surface area contributed by atoms with Crippen molar-refractivity contribution in [1.82, 2.24) is 10.6 Å². The third-order valence-corrected chi connectivity index (χ3v) is 4.25. The minimum Gasteiger partial charge on any atom is -0.383 e. The summed E-state index contributed by atoms with van der Waals surface area (Å²) in [6.45, 7) is 8.20. The van der Waals surface area contributed by atoms with Gasteiger partial charge in [0.05, 0.1) is 11.9 Å². The van der Waals surface area contributed by atoms with Gasteiger partial charge >= 0.3 is 0 Å². The van der Waals surface area contributed by atoms with Gasteiger partial charge in [-0.05, 0) is 38.1 Å². The van der Waals surface area contributed by atoms with E-state index in [1.54, 1.807) is 18.9 Å². The van der Waals surface area contributed by atoms with Gasteiger partial charge in [0.25, 0.3) is 0 Å². The van der Waals surface area contributed by atoms with E-state index in [2.05, 4.69) is 36.6 Å². The van der Waals surface area contributed by atoms with E-state index >= 15 is 0 Å². The van der Waals surface area contributed by atoms with Gasteiger partial charge in [0.15, 0.2) is 0 Å². The Hall–Kier alpha value is -1.04. The molecule has 0 aliphatic heterocycles. The lowest BCUT2D eigenvalue weighted by Crippen LogP contribution is -2.33. The van der Waals surface area contributed by atoms with E-state index < -0.39 is 0 Å². The van der Waals surface area contributed by atoms with E-state index in [0.29, 0.717) is 19.2 Å². The highest BCUT2D eigenvalue weighted by molar-refractivity contribution is 8.00. The van der Waals surface area contributed by atoms with Gasteiger partial charge < -0.3 is 15.4 Å². The second-order valence-electron chi connectivity index (χ2n) is 4.90. The van der Waals surface area contributed by atoms with Crippen LogP contribution in [0, 0.1) is 0 Å². The number of hydrogen-bond donors (Lipinski definition) is 2. The summed E-state index contributed by atoms with van der Waals surface area (Å²) in [6.07, 6.45) is 0. The van der Waals surface area contributed by atoms with E-state index in [1.807, 2.05) is 19.1 Å². The molecule has 0 spiro atoms. The second-order valence-corrected chi connectivity index (χ2v) is 6.31. The quantitative estimate of drug-likeness (QED) is 0.544. The van der Waals surface area contributed by atoms with Gasteiger partial charge in [0.2, 0.25) is 5.91 Å². The highest BCUT2D eigenvalue weighted by atomic mass is 32.2. The van der Waals surface area contributed by atoms with Crippen molar-refractivity contribution >= 4 is 17.7 Å². The highest BCUT2D eigenvalue weighted by Gasteiger charge is 2.14. The number of thioether (sulfide) groups is 1. The lowest BCUT2D eigenvalue weighted by Gasteiger charge is -2.15. The van der Waals surface area contributed by atoms with Crippen LogP contribution in [0.4, 0.5) is 0 Å². The van der Waals surface area contributed by atoms with Crippen molar-refractivity contribution in [3.63, 3.8) is 0 Å². The lowest BCUT2D eigenvalue weighted by molar-refractivity contribution is -0.120. The predicted octanol–water partition coefficient (Wildman–Crippen LogP) is 2.60. The minimum atomic E-state index is -0.119. The molecule has 1 amide bonds. The van der Waals surface area contributed by atoms with E-state index in [1.165, 1.54) is 5.56 Å². The molecular formula is C16H26N2O2S. The van der Waals surface area contributed by atoms with Gasteiger partial charge in [-0.1, -0.05) is 19.1 Å². The summed E-state index contributed by atoms with van der Waals surface area (Å²) in [5.74, 6) is 0.0437. The Labute approximate surface area is 132 Å². The van der Waals surface area contributed by atoms with E-state index in [9.17, 15) is 4.79 Å². The molecule has 2 unspecified atom stereocenters. The fraction of sp³-hybridized carbons (Fsp3) is 0.562. The van der Waals surface area contributed by atoms with Crippen LogP contribution >= 0.6 is 11.8 Å². The normalized spacial score (nSPS) is 13.7. The molecule has 0 saturated heterocycles. The Morgan fingerprint density at radius 2 is 2.14 bits per heavy atom. The SMILES string of the molecule is CCNC(C)c1cccc(SC(C)C(=O)NCCOC)c1. The molecule has 4 nitrogen and oxygen atoms in total. The average molecular weight is 310 g/mol. The van der Waals surface area contributed by atoms with Gasteiger partial charge in [-0.2, -0.15) is 0 Å². The Morgan fingerprint density at radius 3 is 2.81 bits per heavy atom. The number of methoxy groups -OCH3 is 1. The van der Waals surface area contributed by atoms with Crippen LogP contribution in [0.1, 0.15) is 32.4 Å². The summed E-state index contributed by atoms with van der Waals surface area (Å²) in [5, 5.41) is 6.14. The summed E-state index contributed by atoms with van der Waals surface area (Å²) in [4.78, 5) is 13.1. The van der Waals surface area contributed by atoms with Crippen molar-refractivity contribution in [1.29, 1.82) is 0 Å². The zero-order valence-corrected chi connectivity index (χ0v) is 14.1. The van der Waals surface area contributed by atoms with Gasteiger partial charge in [-0.25, -0.2) is 0 Å². The van der Waals surface area contributed by atoms with Crippen LogP contribution in [0.5, 0.6) is 0 Å². The van der Waals surface area contributed by atoms with Crippen molar-refractivity contribution in [3.05, 3.63) is 29.8 Å². The van der Waals surface area contributed by atoms with Crippen molar-refractivity contribution in [3.8, 4) is 0 Å². The maximum atomic E-state index is 11.9. The third-order valence-electron chi connectivity index (χ3n) is 3.16. The smallest absolute Gasteiger partial charge is 0.233 e. The topological polar surface area (TPSA) is 50.4 Å². The van der Waals surface area contributed by atoms with E-state index in [-0.39, 0.29) is 11.2 Å². The lowest BCUT2D eigenvalue weighted by atomic mass is 10.1. The Kier molecular flexibility index (Phi) is 8.42. The molecule has 21 heavy (non-hydrogen) atoms. The van der Waals surface area contributed by atoms with Crippen molar-refractivity contribution in [2.75, 3.05) is 26.8 Å². The van der Waals surface area contributed by atoms with Crippen LogP contribution in [0.2, 0.25) is 0 Å². The Bertz CT molecular complexity index is 440. The monoisotopic (exact) mass is 310 g/mol. The Morgan fingerprint density at radius 1 is 1.38 bits per heavy atom. The standard InChI is InChI=1S/C16H26N2O2S/c1-5-17-12(2)14-7-6-8-15(11-14)21-13(3)16(19)18-9-10-20-4/h6-8,11-13,17H,5,9-10H2,1-4H3,(H,18,19). The van der Waals surface area contributed by atoms with Gasteiger partial charge in [-0.3, -0.25) is 4.79 Å². The van der Waals surface area contributed by atoms with Gasteiger partial charge in [-0.15, -0.1) is 11.8 Å². The molecule has 0 aliphatic rings. The first-order chi connectivity index (χ1) is 10.1. The van der Waals surface area contributed by atoms with E-state index in [0.717, 1.165) is 11.4 Å². The maximum Gasteiger partial charge on any atom is 0.233 e. The summed E-state index contributed by atoms with van der Waals surface area (Å²) in [5.41, 5.74) is 1.24. The summed E-state index contributed by atoms with van der Waals surface area (Å²) in [6, 6.07) is 8.67. The van der Waals surface area contributed by atoms with Crippen LogP contribution in [0.3, 0.4) is 0 Å². The number of ether oxygens (including phenoxy) is 1. The molecule has 1 aromatic carbocycles. The first-order valence-corrected chi connectivity index (χ1v) is 8.23. The first kappa shape index (κ1) is 18.0. The molecule has 2 atom stereocenters. The number of rotatable bonds is 9. The summed E-state index contributed by atoms with van der Waals surface area (Å²) in [7, 11) is 1.63. The van der Waals surface area contributed by atoms with Crippen LogP contribution < -0.4 is 10.6 Å². The summed E-state index contributed by atoms with van der Waals surface area (Å²) < 4.78 is 4.93. The molecule has 1 rings (SSSR count). The largest absolute Gasteiger partial charge is 0.383 e. The predicted molar refractivity (Wildman–Crippen MR) is 88.7 cm³/mol. The molecule has 1 aromatic rings. The second kappa shape index (κ2) is 9.82. The van der Waals surface area contributed by atoms with Crippen molar-refractivity contribution in [2.45, 2.75) is 37.0 Å². The van der Waals surface area contributed by atoms with Crippen LogP contribution in [-0.2, 0) is 9.53 Å². The Balaban J connectivity index is 2.57. The molecule has 0 saturated carbocycles. The molecule has 0 bridgehead atoms. The fourth-order valence-electron chi connectivity index (χ4n) is 1.96. The van der Waals surface area contributed by atoms with Crippen LogP contribution in [-0.4, -0.2) is 38.0 Å². The third kappa shape index (κ3) is 6.50. The zero-order valence-electron chi connectivity index (χ0n) is 13.3. The molecular weight excluding hydrogens is 284 g/mol. The first-order valence-electron chi connectivity index (χ1n) is 7.35. The summed E-state index contributed by atoms with van der Waals surface area (Å²) >= 11 is 1.58. The van der Waals surface area contributed by atoms with E-state index in [4.69, 9.17) is 4.74 Å². The number of carbonyl (C=O) groups is 1. The molecule has 118 valence electrons. The minimum absolute atomic E-state index is 0.0437. The molecule has 5 heteroatoms. The number of carbonyl (C=O) groups excluding carboxylic acids is 1. The maximum absolute atomic E-state index is 11.9. The van der Waals surface area contributed by atoms with Crippen molar-refractivity contribution in [2.24, 2.45) is 0 Å². The molecule has 0 aliphatic carbocycles. The van der Waals surface area contributed by atoms with Gasteiger partial charge in [0, 0.05) is 24.6 Å². The van der Waals surface area contributed by atoms with Crippen molar-refractivity contribution < 1.29 is 9.53 Å². The number of nitrogens with one attached hydrogen (secondary N) is 2. The number of hydrogen-bond acceptors (Lipinski definition) is 4. The highest BCUT2D eigenvalue weighted by Crippen LogP contribution is 2.26. The fourth-order valence-corrected chi connectivity index (χ4v) is 2.92. The van der Waals surface area contributed by atoms with Gasteiger partial charge in [0.1, 0.15) is 0 Å².